The average molecular weight is 510 g/mol. The summed E-state index contributed by atoms with van der Waals surface area (Å²) < 4.78 is 0. The van der Waals surface area contributed by atoms with Gasteiger partial charge in [-0.1, -0.05) is 160 Å². The van der Waals surface area contributed by atoms with E-state index in [2.05, 4.69) is 69.9 Å². The van der Waals surface area contributed by atoms with Crippen molar-refractivity contribution in [3.63, 3.8) is 0 Å². The van der Waals surface area contributed by atoms with E-state index in [1.807, 2.05) is 0 Å². The maximum atomic E-state index is 2.65. The lowest BCUT2D eigenvalue weighted by Gasteiger charge is -2.43. The fourth-order valence-corrected chi connectivity index (χ4v) is 6.54. The summed E-state index contributed by atoms with van der Waals surface area (Å²) in [5, 5.41) is 0. The van der Waals surface area contributed by atoms with Gasteiger partial charge < -0.3 is 4.90 Å². The van der Waals surface area contributed by atoms with E-state index in [0.717, 1.165) is 5.92 Å². The highest BCUT2D eigenvalue weighted by molar-refractivity contribution is 5.80. The van der Waals surface area contributed by atoms with Crippen LogP contribution in [0.25, 0.3) is 5.57 Å². The predicted octanol–water partition coefficient (Wildman–Crippen LogP) is 12.1. The molecule has 0 saturated carbocycles. The van der Waals surface area contributed by atoms with Crippen LogP contribution >= 0.6 is 0 Å². The van der Waals surface area contributed by atoms with E-state index in [9.17, 15) is 0 Å². The number of benzene rings is 1. The van der Waals surface area contributed by atoms with Crippen molar-refractivity contribution in [1.82, 2.24) is 0 Å². The number of unbranched alkanes of at least 4 members (excludes halogenated alkanes) is 14. The Balaban J connectivity index is 1.67. The second-order valence-electron chi connectivity index (χ2n) is 12.7. The molecule has 0 aromatic heterocycles. The van der Waals surface area contributed by atoms with Crippen LogP contribution in [-0.2, 0) is 0 Å². The van der Waals surface area contributed by atoms with Crippen molar-refractivity contribution in [3.05, 3.63) is 35.9 Å². The number of fused-ring (bicyclic) bond motifs is 1. The number of para-hydroxylation sites is 1. The number of rotatable bonds is 22. The van der Waals surface area contributed by atoms with Crippen LogP contribution in [0.15, 0.2) is 30.3 Å². The quantitative estimate of drug-likeness (QED) is 0.140. The molecule has 0 saturated heterocycles. The molecule has 0 radical (unpaired) electrons. The maximum absolute atomic E-state index is 2.65. The predicted molar refractivity (Wildman–Crippen MR) is 169 cm³/mol. The van der Waals surface area contributed by atoms with E-state index in [-0.39, 0.29) is 5.54 Å². The lowest BCUT2D eigenvalue weighted by molar-refractivity contribution is 0.367. The van der Waals surface area contributed by atoms with Crippen LogP contribution in [0.2, 0.25) is 0 Å². The molecule has 1 aromatic rings. The number of anilines is 1. The minimum Gasteiger partial charge on any atom is -0.362 e. The fourth-order valence-electron chi connectivity index (χ4n) is 6.54. The summed E-state index contributed by atoms with van der Waals surface area (Å²) in [6, 6.07) is 9.01. The van der Waals surface area contributed by atoms with Gasteiger partial charge >= 0.3 is 0 Å². The third-order valence-electron chi connectivity index (χ3n) is 8.81. The minimum atomic E-state index is 0.107. The molecule has 212 valence electrons. The van der Waals surface area contributed by atoms with E-state index >= 15 is 0 Å². The molecular weight excluding hydrogens is 446 g/mol. The highest BCUT2D eigenvalue weighted by Crippen LogP contribution is 2.38. The van der Waals surface area contributed by atoms with Gasteiger partial charge in [0.25, 0.3) is 0 Å². The van der Waals surface area contributed by atoms with Crippen LogP contribution in [0, 0.1) is 5.92 Å². The second kappa shape index (κ2) is 18.9. The maximum Gasteiger partial charge on any atom is 0.0534 e. The lowest BCUT2D eigenvalue weighted by Crippen LogP contribution is -2.45. The first-order valence-electron chi connectivity index (χ1n) is 16.6. The van der Waals surface area contributed by atoms with Crippen molar-refractivity contribution >= 4 is 11.3 Å². The van der Waals surface area contributed by atoms with E-state index in [4.69, 9.17) is 0 Å². The molecule has 0 spiro atoms. The summed E-state index contributed by atoms with van der Waals surface area (Å²) in [6.45, 7) is 12.8. The zero-order chi connectivity index (χ0) is 26.8. The molecule has 2 rings (SSSR count). The molecule has 0 amide bonds. The van der Waals surface area contributed by atoms with Crippen LogP contribution in [0.5, 0.6) is 0 Å². The number of allylic oxidation sites excluding steroid dienone is 1. The Bertz CT molecular complexity index is 730. The first kappa shape index (κ1) is 32.0. The Kier molecular flexibility index (Phi) is 16.3. The standard InChI is InChI=1S/C36H63N/c1-6-8-10-12-13-14-15-16-17-20-26-33(25-19-11-9-7-2)27-21-18-24-30-37-35-29-23-22-28-34(35)32(3)31-36(37,4)5/h22-23,28-29,31,33H,6-21,24-27,30H2,1-5H3. The minimum absolute atomic E-state index is 0.107. The molecule has 37 heavy (non-hydrogen) atoms. The van der Waals surface area contributed by atoms with E-state index in [1.165, 1.54) is 152 Å². The molecule has 1 aromatic carbocycles. The van der Waals surface area contributed by atoms with E-state index < -0.39 is 0 Å². The van der Waals surface area contributed by atoms with Crippen molar-refractivity contribution in [1.29, 1.82) is 0 Å². The first-order valence-corrected chi connectivity index (χ1v) is 16.6. The molecule has 0 aliphatic carbocycles. The molecule has 0 fully saturated rings. The van der Waals surface area contributed by atoms with Gasteiger partial charge in [0.05, 0.1) is 5.54 Å². The lowest BCUT2D eigenvalue weighted by atomic mass is 9.88. The highest BCUT2D eigenvalue weighted by atomic mass is 15.2. The summed E-state index contributed by atoms with van der Waals surface area (Å²) in [5.74, 6) is 0.976. The van der Waals surface area contributed by atoms with Crippen molar-refractivity contribution < 1.29 is 0 Å². The van der Waals surface area contributed by atoms with Crippen molar-refractivity contribution in [2.45, 2.75) is 169 Å². The van der Waals surface area contributed by atoms with Crippen LogP contribution in [0.4, 0.5) is 5.69 Å². The smallest absolute Gasteiger partial charge is 0.0534 e. The van der Waals surface area contributed by atoms with Crippen LogP contribution in [0.1, 0.15) is 169 Å². The van der Waals surface area contributed by atoms with Gasteiger partial charge in [0, 0.05) is 17.8 Å². The van der Waals surface area contributed by atoms with Gasteiger partial charge in [0.15, 0.2) is 0 Å². The third kappa shape index (κ3) is 12.4. The summed E-state index contributed by atoms with van der Waals surface area (Å²) in [6.07, 6.45) is 31.2. The molecule has 1 heteroatoms. The number of hydrogen-bond donors (Lipinski definition) is 0. The van der Waals surface area contributed by atoms with Crippen LogP contribution < -0.4 is 4.90 Å². The van der Waals surface area contributed by atoms with Crippen molar-refractivity contribution in [3.8, 4) is 0 Å². The normalized spacial score (nSPS) is 15.5. The largest absolute Gasteiger partial charge is 0.362 e. The van der Waals surface area contributed by atoms with Crippen LogP contribution in [-0.4, -0.2) is 12.1 Å². The Morgan fingerprint density at radius 1 is 0.622 bits per heavy atom. The summed E-state index contributed by atoms with van der Waals surface area (Å²) in [4.78, 5) is 2.65. The van der Waals surface area contributed by atoms with Gasteiger partial charge in [-0.3, -0.25) is 0 Å². The van der Waals surface area contributed by atoms with E-state index in [1.54, 1.807) is 0 Å². The van der Waals surface area contributed by atoms with Gasteiger partial charge in [-0.2, -0.15) is 0 Å². The summed E-state index contributed by atoms with van der Waals surface area (Å²) in [7, 11) is 0. The molecule has 0 bridgehead atoms. The van der Waals surface area contributed by atoms with Crippen LogP contribution in [0.3, 0.4) is 0 Å². The van der Waals surface area contributed by atoms with Crippen molar-refractivity contribution in [2.75, 3.05) is 11.4 Å². The molecular formula is C36H63N. The topological polar surface area (TPSA) is 3.24 Å². The van der Waals surface area contributed by atoms with E-state index in [0.29, 0.717) is 0 Å². The fraction of sp³-hybridized carbons (Fsp3) is 0.778. The summed E-state index contributed by atoms with van der Waals surface area (Å²) in [5.41, 5.74) is 4.39. The van der Waals surface area contributed by atoms with Gasteiger partial charge in [-0.15, -0.1) is 0 Å². The molecule has 1 aliphatic heterocycles. The molecule has 1 nitrogen and oxygen atoms in total. The monoisotopic (exact) mass is 509 g/mol. The molecule has 1 heterocycles. The second-order valence-corrected chi connectivity index (χ2v) is 12.7. The Hall–Kier alpha value is -1.24. The SMILES string of the molecule is CCCCCCCCCCCCC(CCCCCC)CCCCCN1c2ccccc2C(C)=CC1(C)C. The average Bonchev–Trinajstić information content (AvgIpc) is 2.88. The van der Waals surface area contributed by atoms with Crippen molar-refractivity contribution in [2.24, 2.45) is 5.92 Å². The van der Waals surface area contributed by atoms with Gasteiger partial charge in [0.2, 0.25) is 0 Å². The number of nitrogens with zero attached hydrogens (tertiary/aromatic N) is 1. The molecule has 1 unspecified atom stereocenters. The van der Waals surface area contributed by atoms with Gasteiger partial charge in [0.1, 0.15) is 0 Å². The Morgan fingerprint density at radius 3 is 1.65 bits per heavy atom. The number of hydrogen-bond acceptors (Lipinski definition) is 1. The first-order chi connectivity index (χ1) is 18.0. The molecule has 0 N–H and O–H groups in total. The Labute approximate surface area is 232 Å². The highest BCUT2D eigenvalue weighted by Gasteiger charge is 2.30. The molecule has 1 aliphatic rings. The third-order valence-corrected chi connectivity index (χ3v) is 8.81. The van der Waals surface area contributed by atoms with Gasteiger partial charge in [-0.05, 0) is 44.7 Å². The Morgan fingerprint density at radius 2 is 1.08 bits per heavy atom. The molecule has 1 atom stereocenters. The summed E-state index contributed by atoms with van der Waals surface area (Å²) >= 11 is 0. The zero-order valence-electron chi connectivity index (χ0n) is 25.8. The van der Waals surface area contributed by atoms with Gasteiger partial charge in [-0.25, -0.2) is 0 Å². The zero-order valence-corrected chi connectivity index (χ0v) is 25.8.